The van der Waals surface area contributed by atoms with E-state index < -0.39 is 17.8 Å². The van der Waals surface area contributed by atoms with Crippen molar-refractivity contribution in [3.05, 3.63) is 48.1 Å². The molecule has 1 atom stereocenters. The summed E-state index contributed by atoms with van der Waals surface area (Å²) in [5, 5.41) is 23.8. The maximum absolute atomic E-state index is 14.2. The third-order valence-electron chi connectivity index (χ3n) is 9.18. The second-order valence-electron chi connectivity index (χ2n) is 13.5. The monoisotopic (exact) mass is 685 g/mol. The van der Waals surface area contributed by atoms with Gasteiger partial charge in [0.25, 0.3) is 11.8 Å². The van der Waals surface area contributed by atoms with Crippen molar-refractivity contribution >= 4 is 23.7 Å². The SMILES string of the molecule is CCN(C)CCCC(C(C)C)N1CC2(CCN(c3ncnnc3Oc3ccc(F)cc3C(=O)N(CC)C(C)C)C2)C1.O=C(O)/C=C/C(=O)O. The Hall–Kier alpha value is -4.17. The Bertz CT molecular complexity index is 1430. The number of ether oxygens (including phenoxy) is 1. The first kappa shape index (κ1) is 39.3. The van der Waals surface area contributed by atoms with Gasteiger partial charge < -0.3 is 29.6 Å². The molecule has 1 amide bonds. The summed E-state index contributed by atoms with van der Waals surface area (Å²) < 4.78 is 20.4. The number of hydrogen-bond acceptors (Lipinski definition) is 10. The van der Waals surface area contributed by atoms with Crippen LogP contribution in [0.4, 0.5) is 10.2 Å². The number of aromatic nitrogens is 3. The molecule has 4 rings (SSSR count). The van der Waals surface area contributed by atoms with E-state index in [0.717, 1.165) is 45.7 Å². The van der Waals surface area contributed by atoms with Gasteiger partial charge in [0.05, 0.1) is 5.56 Å². The molecule has 2 saturated heterocycles. The minimum absolute atomic E-state index is 0.0341. The Balaban J connectivity index is 0.000000723. The van der Waals surface area contributed by atoms with E-state index in [0.29, 0.717) is 36.5 Å². The number of carbonyl (C=O) groups excluding carboxylic acids is 1. The van der Waals surface area contributed by atoms with Gasteiger partial charge in [0.1, 0.15) is 17.9 Å². The normalized spacial score (nSPS) is 16.2. The number of halogens is 1. The highest BCUT2D eigenvalue weighted by Crippen LogP contribution is 2.44. The molecule has 13 nitrogen and oxygen atoms in total. The van der Waals surface area contributed by atoms with Crippen molar-refractivity contribution < 1.29 is 33.7 Å². The van der Waals surface area contributed by atoms with Crippen LogP contribution in [0.2, 0.25) is 0 Å². The highest BCUT2D eigenvalue weighted by molar-refractivity contribution is 5.97. The van der Waals surface area contributed by atoms with Crippen LogP contribution in [-0.2, 0) is 9.59 Å². The third kappa shape index (κ3) is 10.9. The molecule has 3 heterocycles. The molecule has 0 radical (unpaired) electrons. The molecule has 14 heteroatoms. The van der Waals surface area contributed by atoms with Crippen molar-refractivity contribution in [1.82, 2.24) is 29.9 Å². The lowest BCUT2D eigenvalue weighted by Crippen LogP contribution is -2.62. The van der Waals surface area contributed by atoms with E-state index in [4.69, 9.17) is 14.9 Å². The molecule has 1 aromatic carbocycles. The maximum Gasteiger partial charge on any atom is 0.328 e. The molecule has 49 heavy (non-hydrogen) atoms. The van der Waals surface area contributed by atoms with Crippen LogP contribution in [0.3, 0.4) is 0 Å². The number of carboxylic acids is 2. The van der Waals surface area contributed by atoms with E-state index in [9.17, 15) is 18.8 Å². The van der Waals surface area contributed by atoms with Gasteiger partial charge in [-0.2, -0.15) is 0 Å². The first-order chi connectivity index (χ1) is 23.2. The number of anilines is 1. The lowest BCUT2D eigenvalue weighted by Gasteiger charge is -2.53. The van der Waals surface area contributed by atoms with E-state index in [1.807, 2.05) is 20.8 Å². The fourth-order valence-electron chi connectivity index (χ4n) is 6.53. The van der Waals surface area contributed by atoms with Crippen molar-refractivity contribution in [3.63, 3.8) is 0 Å². The molecule has 1 spiro atoms. The van der Waals surface area contributed by atoms with Gasteiger partial charge in [-0.3, -0.25) is 9.69 Å². The average molecular weight is 686 g/mol. The van der Waals surface area contributed by atoms with Crippen LogP contribution in [0.5, 0.6) is 11.6 Å². The Kier molecular flexibility index (Phi) is 14.4. The van der Waals surface area contributed by atoms with Gasteiger partial charge in [-0.1, -0.05) is 20.8 Å². The average Bonchev–Trinajstić information content (AvgIpc) is 3.48. The summed E-state index contributed by atoms with van der Waals surface area (Å²) in [6.45, 7) is 19.3. The van der Waals surface area contributed by atoms with E-state index in [1.54, 1.807) is 4.90 Å². The zero-order chi connectivity index (χ0) is 36.3. The van der Waals surface area contributed by atoms with Gasteiger partial charge in [0.15, 0.2) is 5.82 Å². The highest BCUT2D eigenvalue weighted by atomic mass is 19.1. The van der Waals surface area contributed by atoms with Crippen LogP contribution >= 0.6 is 0 Å². The van der Waals surface area contributed by atoms with E-state index in [1.165, 1.54) is 37.4 Å². The smallest absolute Gasteiger partial charge is 0.328 e. The first-order valence-electron chi connectivity index (χ1n) is 17.0. The summed E-state index contributed by atoms with van der Waals surface area (Å²) >= 11 is 0. The largest absolute Gasteiger partial charge is 0.478 e. The molecule has 270 valence electrons. The number of carboxylic acid groups (broad SMARTS) is 2. The molecule has 2 fully saturated rings. The van der Waals surface area contributed by atoms with Crippen LogP contribution in [0.1, 0.15) is 71.2 Å². The number of hydrogen-bond donors (Lipinski definition) is 2. The second kappa shape index (κ2) is 18.0. The molecule has 2 N–H and O–H groups in total. The summed E-state index contributed by atoms with van der Waals surface area (Å²) in [4.78, 5) is 45.9. The minimum Gasteiger partial charge on any atom is -0.478 e. The van der Waals surface area contributed by atoms with Crippen molar-refractivity contribution in [3.8, 4) is 11.6 Å². The summed E-state index contributed by atoms with van der Waals surface area (Å²) in [5.41, 5.74) is 0.389. The van der Waals surface area contributed by atoms with Crippen molar-refractivity contribution in [1.29, 1.82) is 0 Å². The van der Waals surface area contributed by atoms with E-state index in [2.05, 4.69) is 57.7 Å². The number of amides is 1. The molecule has 1 aromatic heterocycles. The summed E-state index contributed by atoms with van der Waals surface area (Å²) in [7, 11) is 2.19. The van der Waals surface area contributed by atoms with Crippen LogP contribution in [0.15, 0.2) is 36.7 Å². The van der Waals surface area contributed by atoms with E-state index >= 15 is 0 Å². The highest BCUT2D eigenvalue weighted by Gasteiger charge is 2.50. The quantitative estimate of drug-likeness (QED) is 0.251. The van der Waals surface area contributed by atoms with Gasteiger partial charge in [-0.05, 0) is 84.3 Å². The van der Waals surface area contributed by atoms with Crippen molar-refractivity contribution in [2.24, 2.45) is 11.3 Å². The zero-order valence-electron chi connectivity index (χ0n) is 29.8. The first-order valence-corrected chi connectivity index (χ1v) is 17.0. The topological polar surface area (TPSA) is 153 Å². The van der Waals surface area contributed by atoms with Crippen LogP contribution in [-0.4, -0.2) is 123 Å². The third-order valence-corrected chi connectivity index (χ3v) is 9.18. The van der Waals surface area contributed by atoms with Gasteiger partial charge in [-0.25, -0.2) is 19.0 Å². The van der Waals surface area contributed by atoms with Crippen LogP contribution < -0.4 is 9.64 Å². The molecule has 2 aromatic rings. The molecule has 0 bridgehead atoms. The van der Waals surface area contributed by atoms with Crippen molar-refractivity contribution in [2.45, 2.75) is 72.9 Å². The maximum atomic E-state index is 14.2. The summed E-state index contributed by atoms with van der Waals surface area (Å²) in [5.74, 6) is -1.59. The molecule has 0 aliphatic carbocycles. The molecular weight excluding hydrogens is 633 g/mol. The lowest BCUT2D eigenvalue weighted by atomic mass is 9.76. The predicted molar refractivity (Wildman–Crippen MR) is 184 cm³/mol. The number of nitrogens with zero attached hydrogens (tertiary/aromatic N) is 7. The predicted octanol–water partition coefficient (Wildman–Crippen LogP) is 4.65. The number of rotatable bonds is 15. The number of carbonyl (C=O) groups is 3. The number of likely N-dealkylation sites (tertiary alicyclic amines) is 1. The van der Waals surface area contributed by atoms with Gasteiger partial charge >= 0.3 is 11.9 Å². The fourth-order valence-corrected chi connectivity index (χ4v) is 6.53. The number of aliphatic carboxylic acids is 2. The molecule has 0 saturated carbocycles. The van der Waals surface area contributed by atoms with Crippen molar-refractivity contribution in [2.75, 3.05) is 57.8 Å². The van der Waals surface area contributed by atoms with Gasteiger partial charge in [0.2, 0.25) is 0 Å². The standard InChI is InChI=1S/C31H48FN7O2.C4H4O4/c1-8-36(7)15-10-11-26(22(3)4)38-19-31(20-38)14-16-37(18-31)28-29(35-34-21-33-28)41-27-13-12-24(32)17-25(27)30(40)39(9-2)23(5)6;5-3(6)1-2-4(7)8/h12-13,17,21-23,26H,8-11,14-16,18-20H2,1-7H3;1-2H,(H,5,6)(H,7,8)/b;2-1+. The Morgan fingerprint density at radius 2 is 1.73 bits per heavy atom. The molecule has 2 aliphatic rings. The Labute approximate surface area is 288 Å². The summed E-state index contributed by atoms with van der Waals surface area (Å²) in [6.07, 6.45) is 6.07. The summed E-state index contributed by atoms with van der Waals surface area (Å²) in [6, 6.07) is 4.57. The Morgan fingerprint density at radius 1 is 1.06 bits per heavy atom. The van der Waals surface area contributed by atoms with Gasteiger partial charge in [0, 0.05) is 62.4 Å². The van der Waals surface area contributed by atoms with Gasteiger partial charge in [-0.15, -0.1) is 10.2 Å². The molecule has 2 aliphatic heterocycles. The fraction of sp³-hybridized carbons (Fsp3) is 0.600. The number of benzene rings is 1. The lowest BCUT2D eigenvalue weighted by molar-refractivity contribution is -0.134. The van der Waals surface area contributed by atoms with E-state index in [-0.39, 0.29) is 34.6 Å². The zero-order valence-corrected chi connectivity index (χ0v) is 29.8. The second-order valence-corrected chi connectivity index (χ2v) is 13.5. The molecule has 1 unspecified atom stereocenters. The Morgan fingerprint density at radius 3 is 2.31 bits per heavy atom. The van der Waals surface area contributed by atoms with Crippen LogP contribution in [0, 0.1) is 17.2 Å². The van der Waals surface area contributed by atoms with Crippen LogP contribution in [0.25, 0.3) is 0 Å². The minimum atomic E-state index is -1.26. The molecular formula is C35H52FN7O6.